The molecule has 2 rings (SSSR count). The zero-order valence-corrected chi connectivity index (χ0v) is 14.1. The van der Waals surface area contributed by atoms with Gasteiger partial charge in [0.2, 0.25) is 0 Å². The molecule has 0 heterocycles. The fraction of sp³-hybridized carbons (Fsp3) is 0.368. The van der Waals surface area contributed by atoms with Gasteiger partial charge in [-0.1, -0.05) is 42.0 Å². The molecule has 0 bridgehead atoms. The molecular weight excluding hydrogens is 274 g/mol. The van der Waals surface area contributed by atoms with Crippen LogP contribution in [-0.2, 0) is 9.47 Å². The van der Waals surface area contributed by atoms with E-state index in [1.807, 2.05) is 0 Å². The summed E-state index contributed by atoms with van der Waals surface area (Å²) in [4.78, 5) is 2.17. The van der Waals surface area contributed by atoms with Gasteiger partial charge >= 0.3 is 0 Å². The van der Waals surface area contributed by atoms with Gasteiger partial charge in [-0.15, -0.1) is 0 Å². The van der Waals surface area contributed by atoms with Crippen molar-refractivity contribution in [3.63, 3.8) is 0 Å². The molecule has 3 heteroatoms. The number of likely N-dealkylation sites (N-methyl/N-ethyl adjacent to an activating group) is 1. The quantitative estimate of drug-likeness (QED) is 0.752. The molecule has 22 heavy (non-hydrogen) atoms. The number of nitrogens with zero attached hydrogens (tertiary/aromatic N) is 1. The third kappa shape index (κ3) is 3.87. The first-order valence-corrected chi connectivity index (χ1v) is 7.49. The molecule has 2 aromatic carbocycles. The minimum atomic E-state index is -0.229. The molecule has 0 aliphatic heterocycles. The molecule has 0 aliphatic carbocycles. The van der Waals surface area contributed by atoms with Crippen molar-refractivity contribution in [1.29, 1.82) is 0 Å². The lowest BCUT2D eigenvalue weighted by atomic mass is 10.0. The zero-order chi connectivity index (χ0) is 16.1. The third-order valence-corrected chi connectivity index (χ3v) is 3.95. The van der Waals surface area contributed by atoms with Crippen molar-refractivity contribution in [3.8, 4) is 11.1 Å². The molecule has 0 spiro atoms. The molecule has 3 nitrogen and oxygen atoms in total. The molecule has 2 aromatic rings. The highest BCUT2D eigenvalue weighted by Gasteiger charge is 2.12. The number of methoxy groups -OCH3 is 2. The van der Waals surface area contributed by atoms with Crippen molar-refractivity contribution in [2.75, 3.05) is 32.7 Å². The highest BCUT2D eigenvalue weighted by molar-refractivity contribution is 5.70. The van der Waals surface area contributed by atoms with Gasteiger partial charge < -0.3 is 14.4 Å². The predicted octanol–water partition coefficient (Wildman–Crippen LogP) is 4.03. The van der Waals surface area contributed by atoms with Gasteiger partial charge in [0.25, 0.3) is 0 Å². The summed E-state index contributed by atoms with van der Waals surface area (Å²) in [6.07, 6.45) is -0.229. The fourth-order valence-corrected chi connectivity index (χ4v) is 2.51. The summed E-state index contributed by atoms with van der Waals surface area (Å²) in [5.74, 6) is 0. The van der Waals surface area contributed by atoms with Crippen molar-refractivity contribution in [3.05, 3.63) is 53.6 Å². The van der Waals surface area contributed by atoms with E-state index in [1.165, 1.54) is 27.9 Å². The van der Waals surface area contributed by atoms with Gasteiger partial charge in [0.1, 0.15) is 0 Å². The minimum Gasteiger partial charge on any atom is -0.369 e. The minimum absolute atomic E-state index is 0.229. The number of aryl methyl sites for hydroxylation is 2. The number of ether oxygens (including phenoxy) is 2. The fourth-order valence-electron chi connectivity index (χ4n) is 2.51. The van der Waals surface area contributed by atoms with E-state index in [4.69, 9.17) is 9.47 Å². The molecule has 0 aromatic heterocycles. The van der Waals surface area contributed by atoms with Gasteiger partial charge in [-0.05, 0) is 36.6 Å². The average molecular weight is 299 g/mol. The summed E-state index contributed by atoms with van der Waals surface area (Å²) < 4.78 is 10.6. The molecule has 0 amide bonds. The highest BCUT2D eigenvalue weighted by atomic mass is 16.7. The van der Waals surface area contributed by atoms with E-state index in [0.29, 0.717) is 6.54 Å². The monoisotopic (exact) mass is 299 g/mol. The van der Waals surface area contributed by atoms with Crippen molar-refractivity contribution in [2.24, 2.45) is 0 Å². The maximum absolute atomic E-state index is 5.30. The lowest BCUT2D eigenvalue weighted by molar-refractivity contribution is -0.0944. The maximum atomic E-state index is 5.30. The van der Waals surface area contributed by atoms with Crippen LogP contribution < -0.4 is 4.90 Å². The van der Waals surface area contributed by atoms with Crippen molar-refractivity contribution in [2.45, 2.75) is 20.1 Å². The van der Waals surface area contributed by atoms with E-state index in [9.17, 15) is 0 Å². The summed E-state index contributed by atoms with van der Waals surface area (Å²) in [7, 11) is 5.39. The van der Waals surface area contributed by atoms with Crippen molar-refractivity contribution < 1.29 is 9.47 Å². The van der Waals surface area contributed by atoms with Crippen LogP contribution in [0, 0.1) is 13.8 Å². The normalized spacial score (nSPS) is 11.0. The molecule has 0 fully saturated rings. The van der Waals surface area contributed by atoms with Gasteiger partial charge in [0.15, 0.2) is 6.29 Å². The molecule has 118 valence electrons. The third-order valence-electron chi connectivity index (χ3n) is 3.95. The van der Waals surface area contributed by atoms with E-state index in [2.05, 4.69) is 68.3 Å². The van der Waals surface area contributed by atoms with Gasteiger partial charge in [-0.3, -0.25) is 0 Å². The van der Waals surface area contributed by atoms with Crippen LogP contribution >= 0.6 is 0 Å². The predicted molar refractivity (Wildman–Crippen MR) is 92.4 cm³/mol. The molecule has 0 saturated heterocycles. The van der Waals surface area contributed by atoms with E-state index in [-0.39, 0.29) is 6.29 Å². The number of anilines is 1. The molecule has 0 N–H and O–H groups in total. The van der Waals surface area contributed by atoms with Crippen LogP contribution in [0.2, 0.25) is 0 Å². The summed E-state index contributed by atoms with van der Waals surface area (Å²) in [5, 5.41) is 0. The standard InChI is InChI=1S/C19H25NO2/c1-14-6-9-16(10-7-14)17-11-8-15(2)18(12-17)20(3)13-19(21-4)22-5/h6-12,19H,13H2,1-5H3. The van der Waals surface area contributed by atoms with Crippen LogP contribution in [0.15, 0.2) is 42.5 Å². The Morgan fingerprint density at radius 1 is 0.909 bits per heavy atom. The van der Waals surface area contributed by atoms with E-state index in [1.54, 1.807) is 14.2 Å². The number of hydrogen-bond donors (Lipinski definition) is 0. The van der Waals surface area contributed by atoms with Crippen LogP contribution in [0.3, 0.4) is 0 Å². The SMILES string of the molecule is COC(CN(C)c1cc(-c2ccc(C)cc2)ccc1C)OC. The zero-order valence-electron chi connectivity index (χ0n) is 14.1. The van der Waals surface area contributed by atoms with Crippen molar-refractivity contribution >= 4 is 5.69 Å². The second-order valence-corrected chi connectivity index (χ2v) is 5.65. The first-order valence-electron chi connectivity index (χ1n) is 7.49. The molecule has 0 atom stereocenters. The second-order valence-electron chi connectivity index (χ2n) is 5.65. The van der Waals surface area contributed by atoms with Gasteiger partial charge in [0.05, 0.1) is 6.54 Å². The molecule has 0 radical (unpaired) electrons. The Balaban J connectivity index is 2.28. The van der Waals surface area contributed by atoms with Gasteiger partial charge in [-0.2, -0.15) is 0 Å². The van der Waals surface area contributed by atoms with E-state index >= 15 is 0 Å². The topological polar surface area (TPSA) is 21.7 Å². The maximum Gasteiger partial charge on any atom is 0.174 e. The molecule has 0 aliphatic rings. The van der Waals surface area contributed by atoms with Crippen LogP contribution in [0.25, 0.3) is 11.1 Å². The van der Waals surface area contributed by atoms with E-state index in [0.717, 1.165) is 0 Å². The van der Waals surface area contributed by atoms with Gasteiger partial charge in [-0.25, -0.2) is 0 Å². The summed E-state index contributed by atoms with van der Waals surface area (Å²) >= 11 is 0. The van der Waals surface area contributed by atoms with Crippen LogP contribution in [0.1, 0.15) is 11.1 Å². The van der Waals surface area contributed by atoms with Crippen molar-refractivity contribution in [1.82, 2.24) is 0 Å². The Morgan fingerprint density at radius 2 is 1.50 bits per heavy atom. The number of benzene rings is 2. The van der Waals surface area contributed by atoms with Crippen LogP contribution in [0.5, 0.6) is 0 Å². The summed E-state index contributed by atoms with van der Waals surface area (Å²) in [6.45, 7) is 4.92. The molecular formula is C19H25NO2. The molecule has 0 unspecified atom stereocenters. The smallest absolute Gasteiger partial charge is 0.174 e. The molecule has 0 saturated carbocycles. The first-order chi connectivity index (χ1) is 10.5. The van der Waals surface area contributed by atoms with Crippen LogP contribution in [0.4, 0.5) is 5.69 Å². The lowest BCUT2D eigenvalue weighted by Gasteiger charge is -2.26. The Bertz CT molecular complexity index is 603. The first kappa shape index (κ1) is 16.5. The van der Waals surface area contributed by atoms with E-state index < -0.39 is 0 Å². The lowest BCUT2D eigenvalue weighted by Crippen LogP contribution is -2.32. The Labute approximate surface area is 133 Å². The second kappa shape index (κ2) is 7.43. The number of rotatable bonds is 6. The highest BCUT2D eigenvalue weighted by Crippen LogP contribution is 2.28. The summed E-state index contributed by atoms with van der Waals surface area (Å²) in [6, 6.07) is 15.2. The van der Waals surface area contributed by atoms with Gasteiger partial charge in [0, 0.05) is 27.0 Å². The van der Waals surface area contributed by atoms with Crippen LogP contribution in [-0.4, -0.2) is 34.1 Å². The Hall–Kier alpha value is -1.84. The summed E-state index contributed by atoms with van der Waals surface area (Å²) in [5.41, 5.74) is 6.16. The largest absolute Gasteiger partial charge is 0.369 e. The number of hydrogen-bond acceptors (Lipinski definition) is 3. The Kier molecular flexibility index (Phi) is 5.58. The average Bonchev–Trinajstić information content (AvgIpc) is 2.53. The Morgan fingerprint density at radius 3 is 2.09 bits per heavy atom.